The van der Waals surface area contributed by atoms with E-state index in [1.165, 1.54) is 0 Å². The SMILES string of the molecule is C[C@@H]1[C@@H](C)C/C=C/[C@]2(COCCO2)[C@@H]2CC[C@H]2CN2C[C@@]3(CCCc4cc(Cl)ccc43)COc3c(CC(=O)N[C@@]4(CO)CCC[C@H](C)[C@@H](C)S(=O)(=O)NC(=O)c5ccc6c(c5)N(CCCCc5cc(Cl)ccc5CO6)C[C@@H]5CC[C@H]54)cc(cc32)C(=O)NS1(=O)=O. The predicted octanol–water partition coefficient (Wildman–Crippen LogP) is 10.4. The Bertz CT molecular complexity index is 3660. The number of sulfonamides is 2. The summed E-state index contributed by atoms with van der Waals surface area (Å²) in [6.45, 7) is 10.4. The second kappa shape index (κ2) is 26.2. The first-order valence-electron chi connectivity index (χ1n) is 32.6. The van der Waals surface area contributed by atoms with E-state index < -0.39 is 77.3 Å². The second-order valence-electron chi connectivity index (χ2n) is 27.5. The van der Waals surface area contributed by atoms with Crippen molar-refractivity contribution in [3.8, 4) is 11.5 Å². The third-order valence-corrected chi connectivity index (χ3v) is 26.3. The van der Waals surface area contributed by atoms with Crippen LogP contribution >= 0.6 is 23.2 Å². The molecule has 3 amide bonds. The first-order valence-corrected chi connectivity index (χ1v) is 36.5. The van der Waals surface area contributed by atoms with Crippen LogP contribution in [-0.4, -0.2) is 121 Å². The summed E-state index contributed by atoms with van der Waals surface area (Å²) in [7, 11) is -8.44. The van der Waals surface area contributed by atoms with Crippen molar-refractivity contribution >= 4 is 72.3 Å². The van der Waals surface area contributed by atoms with Gasteiger partial charge in [-0.2, -0.15) is 0 Å². The highest BCUT2D eigenvalue weighted by atomic mass is 35.5. The molecule has 17 nitrogen and oxygen atoms in total. The van der Waals surface area contributed by atoms with Gasteiger partial charge >= 0.3 is 0 Å². The Morgan fingerprint density at radius 2 is 1.40 bits per heavy atom. The number of anilines is 2. The molecule has 5 aliphatic heterocycles. The van der Waals surface area contributed by atoms with E-state index in [-0.39, 0.29) is 60.4 Å². The number of carbonyl (C=O) groups is 3. The fourth-order valence-corrected chi connectivity index (χ4v) is 19.0. The van der Waals surface area contributed by atoms with Gasteiger partial charge in [-0.15, -0.1) is 0 Å². The van der Waals surface area contributed by atoms with E-state index in [0.717, 1.165) is 80.0 Å². The number of ether oxygens (including phenoxy) is 4. The zero-order valence-electron chi connectivity index (χ0n) is 52.2. The van der Waals surface area contributed by atoms with Gasteiger partial charge in [0.15, 0.2) is 0 Å². The van der Waals surface area contributed by atoms with Crippen molar-refractivity contribution in [1.29, 1.82) is 0 Å². The van der Waals surface area contributed by atoms with Gasteiger partial charge < -0.3 is 39.2 Å². The summed E-state index contributed by atoms with van der Waals surface area (Å²) in [5.74, 6) is -1.96. The van der Waals surface area contributed by atoms with E-state index in [1.807, 2.05) is 50.3 Å². The molecule has 3 aliphatic carbocycles. The highest BCUT2D eigenvalue weighted by molar-refractivity contribution is 7.91. The molecule has 1 saturated heterocycles. The maximum Gasteiger partial charge on any atom is 0.264 e. The highest BCUT2D eigenvalue weighted by Gasteiger charge is 2.52. The molecule has 90 heavy (non-hydrogen) atoms. The quantitative estimate of drug-likeness (QED) is 0.140. The molecule has 11 atom stereocenters. The number of aliphatic hydroxyl groups excluding tert-OH is 1. The Kier molecular flexibility index (Phi) is 18.8. The normalized spacial score (nSPS) is 32.3. The summed E-state index contributed by atoms with van der Waals surface area (Å²) in [6, 6.07) is 20.2. The Morgan fingerprint density at radius 3 is 2.13 bits per heavy atom. The molecule has 21 heteroatoms. The van der Waals surface area contributed by atoms with Gasteiger partial charge in [0.1, 0.15) is 23.7 Å². The monoisotopic (exact) mass is 1310 g/mol. The molecule has 4 aromatic carbocycles. The topological polar surface area (TPSA) is 219 Å². The van der Waals surface area contributed by atoms with Crippen molar-refractivity contribution in [2.75, 3.05) is 69.0 Å². The molecule has 0 radical (unpaired) electrons. The molecule has 2 spiro atoms. The van der Waals surface area contributed by atoms with Crippen LogP contribution in [0.2, 0.25) is 10.0 Å². The highest BCUT2D eigenvalue weighted by Crippen LogP contribution is 2.52. The van der Waals surface area contributed by atoms with Crippen LogP contribution in [0.1, 0.15) is 153 Å². The largest absolute Gasteiger partial charge is 0.490 e. The molecule has 4 N–H and O–H groups in total. The van der Waals surface area contributed by atoms with Gasteiger partial charge in [0.05, 0.1) is 66.9 Å². The molecule has 0 aromatic heterocycles. The maximum absolute atomic E-state index is 15.7. The van der Waals surface area contributed by atoms with E-state index in [4.69, 9.17) is 42.1 Å². The lowest BCUT2D eigenvalue weighted by atomic mass is 9.61. The van der Waals surface area contributed by atoms with Crippen molar-refractivity contribution in [3.05, 3.63) is 128 Å². The summed E-state index contributed by atoms with van der Waals surface area (Å²) >= 11 is 13.2. The number of carbonyl (C=O) groups excluding carboxylic acids is 3. The number of nitrogens with zero attached hydrogens (tertiary/aromatic N) is 2. The third-order valence-electron chi connectivity index (χ3n) is 22.0. The number of aliphatic hydroxyl groups is 1. The molecule has 12 rings (SSSR count). The van der Waals surface area contributed by atoms with Gasteiger partial charge in [0.2, 0.25) is 26.0 Å². The molecular formula is C69H87Cl2N5O12S2. The number of fused-ring (bicyclic) bond motifs is 8. The van der Waals surface area contributed by atoms with Crippen LogP contribution in [0.15, 0.2) is 78.9 Å². The number of nitrogens with one attached hydrogen (secondary N) is 3. The fourth-order valence-electron chi connectivity index (χ4n) is 16.0. The lowest BCUT2D eigenvalue weighted by Crippen LogP contribution is -2.62. The number of allylic oxidation sites excluding steroid dienone is 1. The number of halogens is 2. The summed E-state index contributed by atoms with van der Waals surface area (Å²) < 4.78 is 88.5. The van der Waals surface area contributed by atoms with Crippen molar-refractivity contribution in [1.82, 2.24) is 14.8 Å². The number of amides is 3. The first kappa shape index (κ1) is 64.7. The number of rotatable bonds is 4. The molecule has 5 heterocycles. The lowest BCUT2D eigenvalue weighted by Gasteiger charge is -2.52. The fraction of sp³-hybridized carbons (Fsp3) is 0.580. The molecule has 2 saturated carbocycles. The van der Waals surface area contributed by atoms with Gasteiger partial charge in [0, 0.05) is 58.3 Å². The summed E-state index contributed by atoms with van der Waals surface area (Å²) in [5, 5.41) is 14.9. The minimum atomic E-state index is -4.25. The number of hydrogen-bond acceptors (Lipinski definition) is 14. The van der Waals surface area contributed by atoms with E-state index in [2.05, 4.69) is 36.7 Å². The molecule has 4 aromatic rings. The van der Waals surface area contributed by atoms with Gasteiger partial charge in [-0.3, -0.25) is 14.4 Å². The summed E-state index contributed by atoms with van der Waals surface area (Å²) in [4.78, 5) is 49.1. The molecule has 3 fully saturated rings. The van der Waals surface area contributed by atoms with Crippen LogP contribution in [-0.2, 0) is 65.6 Å². The molecule has 8 aliphatic rings. The predicted molar refractivity (Wildman–Crippen MR) is 349 cm³/mol. The van der Waals surface area contributed by atoms with Gasteiger partial charge in [-0.05, 0) is 210 Å². The van der Waals surface area contributed by atoms with Crippen LogP contribution in [0.4, 0.5) is 11.4 Å². The first-order chi connectivity index (χ1) is 43.1. The molecular weight excluding hydrogens is 1230 g/mol. The minimum absolute atomic E-state index is 0.0545. The Balaban J connectivity index is 0.928. The average molecular weight is 1310 g/mol. The third kappa shape index (κ3) is 13.0. The van der Waals surface area contributed by atoms with Crippen LogP contribution in [0.5, 0.6) is 11.5 Å². The number of benzene rings is 4. The van der Waals surface area contributed by atoms with Crippen molar-refractivity contribution in [2.24, 2.45) is 35.5 Å². The Labute approximate surface area is 540 Å². The Hall–Kier alpha value is -5.41. The molecule has 486 valence electrons. The van der Waals surface area contributed by atoms with Crippen LogP contribution in [0.3, 0.4) is 0 Å². The van der Waals surface area contributed by atoms with E-state index >= 15 is 4.79 Å². The second-order valence-corrected chi connectivity index (χ2v) is 32.5. The average Bonchev–Trinajstić information content (AvgIpc) is 1.48. The summed E-state index contributed by atoms with van der Waals surface area (Å²) in [5.41, 5.74) is 3.72. The van der Waals surface area contributed by atoms with E-state index in [1.54, 1.807) is 44.2 Å². The van der Waals surface area contributed by atoms with Crippen LogP contribution in [0.25, 0.3) is 0 Å². The smallest absolute Gasteiger partial charge is 0.264 e. The number of hydrogen-bond donors (Lipinski definition) is 4. The zero-order valence-corrected chi connectivity index (χ0v) is 55.4. The van der Waals surface area contributed by atoms with Gasteiger partial charge in [-0.25, -0.2) is 26.3 Å². The van der Waals surface area contributed by atoms with Crippen molar-refractivity contribution < 1.29 is 55.3 Å². The molecule has 0 unspecified atom stereocenters. The van der Waals surface area contributed by atoms with Gasteiger partial charge in [-0.1, -0.05) is 67.8 Å². The Morgan fingerprint density at radius 1 is 0.700 bits per heavy atom. The molecule has 4 bridgehead atoms. The minimum Gasteiger partial charge on any atom is -0.490 e. The van der Waals surface area contributed by atoms with Crippen LogP contribution < -0.4 is 34.0 Å². The van der Waals surface area contributed by atoms with Crippen LogP contribution in [0, 0.1) is 35.5 Å². The zero-order chi connectivity index (χ0) is 63.3. The van der Waals surface area contributed by atoms with Crippen molar-refractivity contribution in [2.45, 2.75) is 158 Å². The maximum atomic E-state index is 15.7. The summed E-state index contributed by atoms with van der Waals surface area (Å²) in [6.07, 6.45) is 13.6. The van der Waals surface area contributed by atoms with Crippen molar-refractivity contribution in [3.63, 3.8) is 0 Å². The lowest BCUT2D eigenvalue weighted by molar-refractivity contribution is -0.182. The van der Waals surface area contributed by atoms with Gasteiger partial charge in [0.25, 0.3) is 11.8 Å². The van der Waals surface area contributed by atoms with E-state index in [0.29, 0.717) is 117 Å². The number of aryl methyl sites for hydroxylation is 2. The standard InChI is InChI=1S/C69H87Cl2N5O12S2/c1-43-10-7-25-68(40-77,58-20-15-50(58)36-75-27-6-5-12-47-31-55(70)18-14-52(47)38-86-62-23-17-49(33-60(62)75)65(79)73-89(81,82)45(43)3)72-63(78)35-53-30-54-34-61-64(53)87-41-67(24-9-13-48-32-56(71)19-22-57(48)67)39-76(61)37-51-16-21-59(51)69(42-85-28-29-88-69)26-8-11-44(2)46(4)90(83,84)74-66(54)80/h8,14,17-19,22-23,26,30-34,43-46,50-51,58-59,77H,5-7,9-13,15-16,20-21,24-25,27-29,35-42H2,1-4H3,(H,72,78)(H,73,79)(H,74,80)/b26-8+/t43-,44-,45+,46+,50-,51-,58+,59+,67-,68+,69-/m0/s1. The van der Waals surface area contributed by atoms with E-state index in [9.17, 15) is 31.5 Å².